The van der Waals surface area contributed by atoms with Crippen molar-refractivity contribution in [1.82, 2.24) is 0 Å². The van der Waals surface area contributed by atoms with Gasteiger partial charge in [0.25, 0.3) is 0 Å². The molecule has 0 radical (unpaired) electrons. The molecule has 0 bridgehead atoms. The van der Waals surface area contributed by atoms with Crippen molar-refractivity contribution >= 4 is 35.0 Å². The van der Waals surface area contributed by atoms with E-state index in [0.717, 1.165) is 5.69 Å². The van der Waals surface area contributed by atoms with Gasteiger partial charge in [-0.25, -0.2) is 0 Å². The molecule has 0 saturated carbocycles. The molecule has 3 rings (SSSR count). The molecule has 25 heavy (non-hydrogen) atoms. The van der Waals surface area contributed by atoms with Gasteiger partial charge in [0.05, 0.1) is 17.1 Å². The molecule has 2 aromatic rings. The Balaban J connectivity index is 1.79. The molecule has 0 spiro atoms. The summed E-state index contributed by atoms with van der Waals surface area (Å²) in [5.41, 5.74) is 1.71. The Morgan fingerprint density at radius 2 is 1.76 bits per heavy atom. The third kappa shape index (κ3) is 3.42. The molecule has 1 aliphatic rings. The highest BCUT2D eigenvalue weighted by Gasteiger charge is 2.43. The van der Waals surface area contributed by atoms with Crippen molar-refractivity contribution in [1.29, 1.82) is 0 Å². The maximum atomic E-state index is 13.0. The molecule has 2 amide bonds. The van der Waals surface area contributed by atoms with Crippen LogP contribution in [-0.2, 0) is 9.59 Å². The number of nitrogens with zero attached hydrogens (tertiary/aromatic N) is 1. The van der Waals surface area contributed by atoms with E-state index in [-0.39, 0.29) is 17.1 Å². The van der Waals surface area contributed by atoms with Crippen molar-refractivity contribution in [3.63, 3.8) is 0 Å². The van der Waals surface area contributed by atoms with Crippen molar-refractivity contribution in [2.45, 2.75) is 31.6 Å². The number of rotatable bonds is 4. The van der Waals surface area contributed by atoms with Crippen LogP contribution in [-0.4, -0.2) is 23.1 Å². The number of amides is 2. The SMILES string of the molecule is CC(SCC(=O)N1c2ccccc2NC(=O)C1(C)C)c1ccccc1. The maximum absolute atomic E-state index is 13.0. The van der Waals surface area contributed by atoms with E-state index in [0.29, 0.717) is 11.4 Å². The molecule has 5 heteroatoms. The summed E-state index contributed by atoms with van der Waals surface area (Å²) >= 11 is 1.58. The quantitative estimate of drug-likeness (QED) is 0.893. The van der Waals surface area contributed by atoms with Gasteiger partial charge in [0.15, 0.2) is 0 Å². The number of benzene rings is 2. The van der Waals surface area contributed by atoms with Gasteiger partial charge in [-0.1, -0.05) is 42.5 Å². The highest BCUT2D eigenvalue weighted by molar-refractivity contribution is 8.00. The van der Waals surface area contributed by atoms with Crippen LogP contribution in [0.15, 0.2) is 54.6 Å². The summed E-state index contributed by atoms with van der Waals surface area (Å²) in [7, 11) is 0. The Kier molecular flexibility index (Phi) is 4.86. The lowest BCUT2D eigenvalue weighted by Crippen LogP contribution is -2.59. The Hall–Kier alpha value is -2.27. The molecule has 1 N–H and O–H groups in total. The molecule has 0 saturated heterocycles. The normalized spacial score (nSPS) is 16.8. The van der Waals surface area contributed by atoms with Crippen molar-refractivity contribution < 1.29 is 9.59 Å². The van der Waals surface area contributed by atoms with Crippen LogP contribution in [0.4, 0.5) is 11.4 Å². The fourth-order valence-corrected chi connectivity index (χ4v) is 3.85. The second kappa shape index (κ2) is 6.92. The number of nitrogens with one attached hydrogen (secondary N) is 1. The van der Waals surface area contributed by atoms with Crippen molar-refractivity contribution in [3.8, 4) is 0 Å². The summed E-state index contributed by atoms with van der Waals surface area (Å²) in [6, 6.07) is 17.6. The van der Waals surface area contributed by atoms with Crippen molar-refractivity contribution in [2.75, 3.05) is 16.0 Å². The minimum Gasteiger partial charge on any atom is -0.322 e. The fourth-order valence-electron chi connectivity index (χ4n) is 2.98. The lowest BCUT2D eigenvalue weighted by molar-refractivity contribution is -0.125. The van der Waals surface area contributed by atoms with E-state index in [4.69, 9.17) is 0 Å². The minimum absolute atomic E-state index is 0.0555. The third-order valence-electron chi connectivity index (χ3n) is 4.48. The lowest BCUT2D eigenvalue weighted by atomic mass is 9.96. The number of para-hydroxylation sites is 2. The van der Waals surface area contributed by atoms with Crippen LogP contribution in [0.5, 0.6) is 0 Å². The van der Waals surface area contributed by atoms with E-state index in [9.17, 15) is 9.59 Å². The monoisotopic (exact) mass is 354 g/mol. The molecule has 4 nitrogen and oxygen atoms in total. The Morgan fingerprint density at radius 1 is 1.12 bits per heavy atom. The van der Waals surface area contributed by atoms with Crippen LogP contribution >= 0.6 is 11.8 Å². The number of thioether (sulfide) groups is 1. The molecule has 0 fully saturated rings. The second-order valence-corrected chi connectivity index (χ2v) is 7.95. The van der Waals surface area contributed by atoms with Gasteiger partial charge in [-0.3, -0.25) is 14.5 Å². The number of fused-ring (bicyclic) bond motifs is 1. The summed E-state index contributed by atoms with van der Waals surface area (Å²) in [5.74, 6) is 0.0990. The third-order valence-corrected chi connectivity index (χ3v) is 5.67. The van der Waals surface area contributed by atoms with E-state index >= 15 is 0 Å². The predicted molar refractivity (Wildman–Crippen MR) is 104 cm³/mol. The summed E-state index contributed by atoms with van der Waals surface area (Å²) in [6.07, 6.45) is 0. The van der Waals surface area contributed by atoms with Gasteiger partial charge in [0.2, 0.25) is 11.8 Å². The van der Waals surface area contributed by atoms with Crippen LogP contribution in [0.25, 0.3) is 0 Å². The van der Waals surface area contributed by atoms with Crippen LogP contribution in [0.1, 0.15) is 31.6 Å². The fraction of sp³-hybridized carbons (Fsp3) is 0.300. The van der Waals surface area contributed by atoms with Crippen LogP contribution in [0.2, 0.25) is 0 Å². The molecule has 0 aliphatic carbocycles. The minimum atomic E-state index is -0.915. The smallest absolute Gasteiger partial charge is 0.250 e. The molecule has 1 aliphatic heterocycles. The number of hydrogen-bond donors (Lipinski definition) is 1. The van der Waals surface area contributed by atoms with Crippen LogP contribution < -0.4 is 10.2 Å². The van der Waals surface area contributed by atoms with Gasteiger partial charge in [-0.15, -0.1) is 11.8 Å². The van der Waals surface area contributed by atoms with E-state index < -0.39 is 5.54 Å². The highest BCUT2D eigenvalue weighted by atomic mass is 32.2. The first-order chi connectivity index (χ1) is 11.9. The second-order valence-electron chi connectivity index (χ2n) is 6.62. The molecule has 0 aromatic heterocycles. The van der Waals surface area contributed by atoms with Gasteiger partial charge in [-0.05, 0) is 38.5 Å². The summed E-state index contributed by atoms with van der Waals surface area (Å²) < 4.78 is 0. The topological polar surface area (TPSA) is 49.4 Å². The van der Waals surface area contributed by atoms with E-state index in [1.54, 1.807) is 30.5 Å². The van der Waals surface area contributed by atoms with Gasteiger partial charge in [-0.2, -0.15) is 0 Å². The van der Waals surface area contributed by atoms with Gasteiger partial charge in [0.1, 0.15) is 5.54 Å². The first kappa shape index (κ1) is 17.5. The van der Waals surface area contributed by atoms with Crippen molar-refractivity contribution in [3.05, 3.63) is 60.2 Å². The maximum Gasteiger partial charge on any atom is 0.250 e. The zero-order valence-electron chi connectivity index (χ0n) is 14.7. The zero-order valence-corrected chi connectivity index (χ0v) is 15.5. The van der Waals surface area contributed by atoms with Crippen LogP contribution in [0.3, 0.4) is 0 Å². The summed E-state index contributed by atoms with van der Waals surface area (Å²) in [4.78, 5) is 27.1. The predicted octanol–water partition coefficient (Wildman–Crippen LogP) is 4.24. The molecule has 1 atom stereocenters. The number of carbonyl (C=O) groups is 2. The standard InChI is InChI=1S/C20H22N2O2S/c1-14(15-9-5-4-6-10-15)25-13-18(23)22-17-12-8-7-11-16(17)21-19(24)20(22,2)3/h4-12,14H,13H2,1-3H3,(H,21,24). The average molecular weight is 354 g/mol. The first-order valence-corrected chi connectivity index (χ1v) is 9.36. The molecular formula is C20H22N2O2S. The van der Waals surface area contributed by atoms with Gasteiger partial charge < -0.3 is 5.32 Å². The van der Waals surface area contributed by atoms with E-state index in [1.165, 1.54) is 5.56 Å². The Bertz CT molecular complexity index is 789. The Morgan fingerprint density at radius 3 is 2.48 bits per heavy atom. The highest BCUT2D eigenvalue weighted by Crippen LogP contribution is 2.38. The van der Waals surface area contributed by atoms with Gasteiger partial charge >= 0.3 is 0 Å². The number of anilines is 2. The van der Waals surface area contributed by atoms with E-state index in [2.05, 4.69) is 24.4 Å². The average Bonchev–Trinajstić information content (AvgIpc) is 2.61. The first-order valence-electron chi connectivity index (χ1n) is 8.31. The lowest BCUT2D eigenvalue weighted by Gasteiger charge is -2.42. The number of carbonyl (C=O) groups excluding carboxylic acids is 2. The largest absolute Gasteiger partial charge is 0.322 e. The number of hydrogen-bond acceptors (Lipinski definition) is 3. The molecule has 2 aromatic carbocycles. The molecule has 1 heterocycles. The Labute approximate surface area is 152 Å². The van der Waals surface area contributed by atoms with Crippen molar-refractivity contribution in [2.24, 2.45) is 0 Å². The molecule has 130 valence electrons. The summed E-state index contributed by atoms with van der Waals surface area (Å²) in [6.45, 7) is 5.65. The molecular weight excluding hydrogens is 332 g/mol. The van der Waals surface area contributed by atoms with Gasteiger partial charge in [0, 0.05) is 5.25 Å². The zero-order chi connectivity index (χ0) is 18.0. The molecule has 1 unspecified atom stereocenters. The van der Waals surface area contributed by atoms with E-state index in [1.807, 2.05) is 42.5 Å². The summed E-state index contributed by atoms with van der Waals surface area (Å²) in [5, 5.41) is 3.10. The van der Waals surface area contributed by atoms with Crippen LogP contribution in [0, 0.1) is 0 Å².